The van der Waals surface area contributed by atoms with Crippen molar-refractivity contribution in [2.75, 3.05) is 19.6 Å². The van der Waals surface area contributed by atoms with Crippen molar-refractivity contribution in [1.82, 2.24) is 20.0 Å². The topological polar surface area (TPSA) is 52.2 Å². The van der Waals surface area contributed by atoms with Crippen LogP contribution in [0.3, 0.4) is 0 Å². The Hall–Kier alpha value is -1.36. The molecule has 2 aliphatic heterocycles. The van der Waals surface area contributed by atoms with Gasteiger partial charge in [0.2, 0.25) is 0 Å². The van der Waals surface area contributed by atoms with E-state index in [0.717, 1.165) is 45.2 Å². The fraction of sp³-hybridized carbons (Fsp3) is 0.765. The van der Waals surface area contributed by atoms with Crippen LogP contribution < -0.4 is 0 Å². The number of likely N-dealkylation sites (N-methyl/N-ethyl adjacent to an activating group) is 1. The van der Waals surface area contributed by atoms with Gasteiger partial charge in [-0.3, -0.25) is 14.8 Å². The van der Waals surface area contributed by atoms with Gasteiger partial charge in [0.05, 0.1) is 0 Å². The molecule has 2 fully saturated rings. The zero-order valence-corrected chi connectivity index (χ0v) is 13.5. The lowest BCUT2D eigenvalue weighted by Gasteiger charge is -2.34. The molecule has 1 aromatic rings. The van der Waals surface area contributed by atoms with Crippen LogP contribution in [0.5, 0.6) is 0 Å². The lowest BCUT2D eigenvalue weighted by Crippen LogP contribution is -2.48. The van der Waals surface area contributed by atoms with Crippen LogP contribution in [-0.2, 0) is 12.8 Å². The molecule has 4 rings (SSSR count). The van der Waals surface area contributed by atoms with Gasteiger partial charge in [0, 0.05) is 29.9 Å². The van der Waals surface area contributed by atoms with Gasteiger partial charge in [-0.2, -0.15) is 5.10 Å². The normalized spacial score (nSPS) is 28.5. The highest BCUT2D eigenvalue weighted by molar-refractivity contribution is 5.94. The highest BCUT2D eigenvalue weighted by Gasteiger charge is 2.40. The van der Waals surface area contributed by atoms with Crippen LogP contribution in [0.4, 0.5) is 0 Å². The van der Waals surface area contributed by atoms with E-state index in [4.69, 9.17) is 0 Å². The van der Waals surface area contributed by atoms with Crippen LogP contribution in [0.1, 0.15) is 60.8 Å². The Morgan fingerprint density at radius 1 is 1.18 bits per heavy atom. The van der Waals surface area contributed by atoms with Gasteiger partial charge in [-0.1, -0.05) is 6.92 Å². The smallest absolute Gasteiger partial charge is 0.274 e. The zero-order chi connectivity index (χ0) is 15.1. The number of rotatable bonds is 3. The van der Waals surface area contributed by atoms with Gasteiger partial charge in [-0.15, -0.1) is 0 Å². The first-order valence-corrected chi connectivity index (χ1v) is 8.90. The molecule has 3 aliphatic rings. The van der Waals surface area contributed by atoms with E-state index in [2.05, 4.69) is 26.9 Å². The van der Waals surface area contributed by atoms with Gasteiger partial charge in [0.15, 0.2) is 5.69 Å². The average Bonchev–Trinajstić information content (AvgIpc) is 3.27. The van der Waals surface area contributed by atoms with E-state index in [1.807, 2.05) is 0 Å². The first-order chi connectivity index (χ1) is 10.8. The number of fused-ring (bicyclic) bond motifs is 1. The molecule has 2 atom stereocenters. The Bertz CT molecular complexity index is 567. The molecule has 0 saturated carbocycles. The molecule has 0 radical (unpaired) electrons. The predicted molar refractivity (Wildman–Crippen MR) is 84.9 cm³/mol. The van der Waals surface area contributed by atoms with Crippen LogP contribution in [0.15, 0.2) is 0 Å². The fourth-order valence-corrected chi connectivity index (χ4v) is 4.76. The van der Waals surface area contributed by atoms with Crippen molar-refractivity contribution in [1.29, 1.82) is 0 Å². The minimum Gasteiger partial charge on any atom is -0.333 e. The number of hydrogen-bond donors (Lipinski definition) is 1. The lowest BCUT2D eigenvalue weighted by molar-refractivity contribution is 0.0643. The summed E-state index contributed by atoms with van der Waals surface area (Å²) in [6.07, 6.45) is 8.01. The number of amides is 1. The van der Waals surface area contributed by atoms with Gasteiger partial charge in [0.25, 0.3) is 5.91 Å². The Morgan fingerprint density at radius 2 is 2.00 bits per heavy atom. The fourth-order valence-electron chi connectivity index (χ4n) is 4.76. The highest BCUT2D eigenvalue weighted by atomic mass is 16.2. The predicted octanol–water partition coefficient (Wildman–Crippen LogP) is 1.99. The summed E-state index contributed by atoms with van der Waals surface area (Å²) in [7, 11) is 0. The van der Waals surface area contributed by atoms with E-state index >= 15 is 0 Å². The summed E-state index contributed by atoms with van der Waals surface area (Å²) in [5, 5.41) is 7.44. The van der Waals surface area contributed by atoms with Crippen LogP contribution >= 0.6 is 0 Å². The highest BCUT2D eigenvalue weighted by Crippen LogP contribution is 2.32. The average molecular weight is 302 g/mol. The largest absolute Gasteiger partial charge is 0.333 e. The summed E-state index contributed by atoms with van der Waals surface area (Å²) < 4.78 is 0. The van der Waals surface area contributed by atoms with Crippen molar-refractivity contribution >= 4 is 5.91 Å². The van der Waals surface area contributed by atoms with Crippen LogP contribution in [0, 0.1) is 0 Å². The van der Waals surface area contributed by atoms with Crippen molar-refractivity contribution in [3.05, 3.63) is 17.0 Å². The van der Waals surface area contributed by atoms with Gasteiger partial charge in [0.1, 0.15) is 0 Å². The number of aromatic nitrogens is 2. The summed E-state index contributed by atoms with van der Waals surface area (Å²) in [6.45, 7) is 5.43. The maximum Gasteiger partial charge on any atom is 0.274 e. The number of hydrogen-bond acceptors (Lipinski definition) is 3. The van der Waals surface area contributed by atoms with Crippen LogP contribution in [-0.4, -0.2) is 57.6 Å². The van der Waals surface area contributed by atoms with E-state index < -0.39 is 0 Å². The molecule has 22 heavy (non-hydrogen) atoms. The maximum absolute atomic E-state index is 13.1. The number of carbonyl (C=O) groups is 1. The molecular formula is C17H26N4O. The van der Waals surface area contributed by atoms with E-state index in [9.17, 15) is 4.79 Å². The molecule has 1 aliphatic carbocycles. The minimum atomic E-state index is 0.171. The zero-order valence-electron chi connectivity index (χ0n) is 13.5. The molecule has 0 aromatic carbocycles. The standard InChI is InChI=1S/C17H26N4O/c1-2-20-10-4-8-14(20)15-9-5-11-21(15)17(22)16-12-6-3-7-13(12)18-19-16/h14-15H,2-11H2,1H3,(H,18,19). The third kappa shape index (κ3) is 2.18. The number of nitrogens with zero attached hydrogens (tertiary/aromatic N) is 3. The summed E-state index contributed by atoms with van der Waals surface area (Å²) in [4.78, 5) is 17.7. The van der Waals surface area contributed by atoms with Gasteiger partial charge >= 0.3 is 0 Å². The second-order valence-electron chi connectivity index (χ2n) is 6.93. The van der Waals surface area contributed by atoms with Crippen LogP contribution in [0.2, 0.25) is 0 Å². The number of likely N-dealkylation sites (tertiary alicyclic amines) is 2. The third-order valence-corrected chi connectivity index (χ3v) is 5.83. The van der Waals surface area contributed by atoms with Gasteiger partial charge in [-0.25, -0.2) is 0 Å². The Balaban J connectivity index is 1.56. The molecule has 2 saturated heterocycles. The second kappa shape index (κ2) is 5.69. The molecule has 1 amide bonds. The van der Waals surface area contributed by atoms with E-state index in [1.54, 1.807) is 0 Å². The maximum atomic E-state index is 13.1. The third-order valence-electron chi connectivity index (χ3n) is 5.83. The monoisotopic (exact) mass is 302 g/mol. The number of aryl methyl sites for hydroxylation is 1. The molecule has 0 bridgehead atoms. The van der Waals surface area contributed by atoms with E-state index in [1.165, 1.54) is 30.6 Å². The van der Waals surface area contributed by atoms with E-state index in [0.29, 0.717) is 17.8 Å². The quantitative estimate of drug-likeness (QED) is 0.929. The summed E-state index contributed by atoms with van der Waals surface area (Å²) >= 11 is 0. The molecule has 3 heterocycles. The molecule has 1 N–H and O–H groups in total. The number of aromatic amines is 1. The van der Waals surface area contributed by atoms with Crippen LogP contribution in [0.25, 0.3) is 0 Å². The second-order valence-corrected chi connectivity index (χ2v) is 6.93. The van der Waals surface area contributed by atoms with E-state index in [-0.39, 0.29) is 5.91 Å². The number of nitrogens with one attached hydrogen (secondary N) is 1. The lowest BCUT2D eigenvalue weighted by atomic mass is 10.0. The van der Waals surface area contributed by atoms with Crippen molar-refractivity contribution in [3.63, 3.8) is 0 Å². The summed E-state index contributed by atoms with van der Waals surface area (Å²) in [6, 6.07) is 0.951. The molecule has 5 heteroatoms. The molecule has 2 unspecified atom stereocenters. The minimum absolute atomic E-state index is 0.171. The number of H-pyrrole nitrogens is 1. The first-order valence-electron chi connectivity index (χ1n) is 8.90. The number of carbonyl (C=O) groups excluding carboxylic acids is 1. The van der Waals surface area contributed by atoms with Crippen molar-refractivity contribution in [3.8, 4) is 0 Å². The molecule has 1 aromatic heterocycles. The molecule has 0 spiro atoms. The van der Waals surface area contributed by atoms with Crippen molar-refractivity contribution < 1.29 is 4.79 Å². The summed E-state index contributed by atoms with van der Waals surface area (Å²) in [5.74, 6) is 0.171. The Kier molecular flexibility index (Phi) is 3.68. The molecular weight excluding hydrogens is 276 g/mol. The van der Waals surface area contributed by atoms with Gasteiger partial charge in [-0.05, 0) is 58.0 Å². The Morgan fingerprint density at radius 3 is 2.86 bits per heavy atom. The van der Waals surface area contributed by atoms with Gasteiger partial charge < -0.3 is 4.90 Å². The molecule has 5 nitrogen and oxygen atoms in total. The first kappa shape index (κ1) is 14.2. The molecule has 120 valence electrons. The Labute approximate surface area is 132 Å². The summed E-state index contributed by atoms with van der Waals surface area (Å²) in [5.41, 5.74) is 3.09. The SMILES string of the molecule is CCN1CCCC1C1CCCN1C(=O)c1n[nH]c2c1CCC2. The van der Waals surface area contributed by atoms with Crippen molar-refractivity contribution in [2.45, 2.75) is 64.0 Å². The van der Waals surface area contributed by atoms with Crippen molar-refractivity contribution in [2.24, 2.45) is 0 Å².